The van der Waals surface area contributed by atoms with Gasteiger partial charge in [0.25, 0.3) is 0 Å². The van der Waals surface area contributed by atoms with Gasteiger partial charge in [0.1, 0.15) is 0 Å². The van der Waals surface area contributed by atoms with Crippen LogP contribution in [-0.4, -0.2) is 29.1 Å². The van der Waals surface area contributed by atoms with Crippen LogP contribution in [0, 0.1) is 5.41 Å². The lowest BCUT2D eigenvalue weighted by atomic mass is 9.89. The van der Waals surface area contributed by atoms with Crippen molar-refractivity contribution in [1.82, 2.24) is 9.97 Å². The molecule has 1 aromatic rings. The van der Waals surface area contributed by atoms with Gasteiger partial charge in [-0.1, -0.05) is 20.8 Å². The average Bonchev–Trinajstić information content (AvgIpc) is 2.29. The normalized spacial score (nSPS) is 18.1. The Morgan fingerprint density at radius 3 is 2.28 bits per heavy atom. The van der Waals surface area contributed by atoms with Crippen LogP contribution in [-0.2, 0) is 6.42 Å². The van der Waals surface area contributed by atoms with E-state index in [0.29, 0.717) is 6.04 Å². The molecule has 0 aliphatic carbocycles. The summed E-state index contributed by atoms with van der Waals surface area (Å²) in [6.07, 6.45) is 7.00. The highest BCUT2D eigenvalue weighted by molar-refractivity contribution is 5.30. The third kappa shape index (κ3) is 3.67. The molecule has 2 heterocycles. The van der Waals surface area contributed by atoms with Crippen LogP contribution in [0.1, 0.15) is 39.2 Å². The Kier molecular flexibility index (Phi) is 3.85. The second-order valence-corrected chi connectivity index (χ2v) is 6.45. The van der Waals surface area contributed by atoms with E-state index in [0.717, 1.165) is 38.3 Å². The molecule has 1 aliphatic rings. The van der Waals surface area contributed by atoms with E-state index >= 15 is 0 Å². The second kappa shape index (κ2) is 5.22. The lowest BCUT2D eigenvalue weighted by Crippen LogP contribution is -2.40. The molecule has 0 atom stereocenters. The number of rotatable bonds is 2. The Labute approximate surface area is 110 Å². The number of aromatic nitrogens is 2. The quantitative estimate of drug-likeness (QED) is 0.869. The molecule has 2 rings (SSSR count). The van der Waals surface area contributed by atoms with Gasteiger partial charge in [-0.2, -0.15) is 0 Å². The minimum Gasteiger partial charge on any atom is -0.341 e. The van der Waals surface area contributed by atoms with Crippen molar-refractivity contribution < 1.29 is 0 Å². The van der Waals surface area contributed by atoms with Gasteiger partial charge in [0.2, 0.25) is 5.95 Å². The van der Waals surface area contributed by atoms with Crippen molar-refractivity contribution in [2.75, 3.05) is 18.0 Å². The molecule has 0 spiro atoms. The maximum Gasteiger partial charge on any atom is 0.225 e. The highest BCUT2D eigenvalue weighted by Crippen LogP contribution is 2.21. The van der Waals surface area contributed by atoms with Crippen LogP contribution in [0.3, 0.4) is 0 Å². The smallest absolute Gasteiger partial charge is 0.225 e. The van der Waals surface area contributed by atoms with Gasteiger partial charge in [-0.25, -0.2) is 9.97 Å². The topological polar surface area (TPSA) is 55.0 Å². The molecular weight excluding hydrogens is 224 g/mol. The van der Waals surface area contributed by atoms with Crippen LogP contribution in [0.5, 0.6) is 0 Å². The number of nitrogens with two attached hydrogens (primary N) is 1. The maximum absolute atomic E-state index is 5.90. The van der Waals surface area contributed by atoms with Crippen LogP contribution < -0.4 is 10.6 Å². The Bertz CT molecular complexity index is 372. The van der Waals surface area contributed by atoms with E-state index in [1.54, 1.807) is 0 Å². The monoisotopic (exact) mass is 248 g/mol. The molecular formula is C14H24N4. The van der Waals surface area contributed by atoms with Crippen LogP contribution in [0.15, 0.2) is 12.4 Å². The van der Waals surface area contributed by atoms with Gasteiger partial charge in [-0.05, 0) is 30.2 Å². The van der Waals surface area contributed by atoms with Crippen LogP contribution in [0.4, 0.5) is 5.95 Å². The van der Waals surface area contributed by atoms with Crippen molar-refractivity contribution in [1.29, 1.82) is 0 Å². The minimum absolute atomic E-state index is 0.281. The summed E-state index contributed by atoms with van der Waals surface area (Å²) in [4.78, 5) is 11.2. The van der Waals surface area contributed by atoms with Crippen molar-refractivity contribution in [3.8, 4) is 0 Å². The molecule has 100 valence electrons. The fourth-order valence-corrected chi connectivity index (χ4v) is 2.31. The third-order valence-corrected chi connectivity index (χ3v) is 3.25. The molecule has 18 heavy (non-hydrogen) atoms. The van der Waals surface area contributed by atoms with Gasteiger partial charge in [-0.15, -0.1) is 0 Å². The van der Waals surface area contributed by atoms with E-state index in [1.165, 1.54) is 5.56 Å². The summed E-state index contributed by atoms with van der Waals surface area (Å²) in [5.74, 6) is 0.847. The van der Waals surface area contributed by atoms with E-state index < -0.39 is 0 Å². The molecule has 1 saturated heterocycles. The molecule has 0 unspecified atom stereocenters. The van der Waals surface area contributed by atoms with Gasteiger partial charge >= 0.3 is 0 Å². The summed E-state index contributed by atoms with van der Waals surface area (Å²) in [5, 5.41) is 0. The molecule has 4 nitrogen and oxygen atoms in total. The van der Waals surface area contributed by atoms with Crippen molar-refractivity contribution >= 4 is 5.95 Å². The van der Waals surface area contributed by atoms with Crippen molar-refractivity contribution in [3.05, 3.63) is 18.0 Å². The predicted octanol–water partition coefficient (Wildman–Crippen LogP) is 1.99. The van der Waals surface area contributed by atoms with E-state index in [-0.39, 0.29) is 5.41 Å². The van der Waals surface area contributed by atoms with Gasteiger partial charge in [-0.3, -0.25) is 0 Å². The molecule has 0 aromatic carbocycles. The van der Waals surface area contributed by atoms with Crippen molar-refractivity contribution in [2.45, 2.75) is 46.1 Å². The van der Waals surface area contributed by atoms with Gasteiger partial charge in [0.05, 0.1) is 0 Å². The summed E-state index contributed by atoms with van der Waals surface area (Å²) in [7, 11) is 0. The Morgan fingerprint density at radius 1 is 1.22 bits per heavy atom. The second-order valence-electron chi connectivity index (χ2n) is 6.45. The molecule has 0 saturated carbocycles. The number of anilines is 1. The molecule has 0 amide bonds. The lowest BCUT2D eigenvalue weighted by molar-refractivity contribution is 0.410. The zero-order valence-corrected chi connectivity index (χ0v) is 11.7. The first-order valence-electron chi connectivity index (χ1n) is 6.75. The fraction of sp³-hybridized carbons (Fsp3) is 0.714. The fourth-order valence-electron chi connectivity index (χ4n) is 2.31. The SMILES string of the molecule is CC(C)(C)Cc1cnc(N2CCC(N)CC2)nc1. The molecule has 1 aromatic heterocycles. The Morgan fingerprint density at radius 2 is 1.78 bits per heavy atom. The maximum atomic E-state index is 5.90. The van der Waals surface area contributed by atoms with Crippen LogP contribution in [0.25, 0.3) is 0 Å². The van der Waals surface area contributed by atoms with E-state index in [9.17, 15) is 0 Å². The summed E-state index contributed by atoms with van der Waals surface area (Å²) in [6, 6.07) is 0.349. The Balaban J connectivity index is 1.99. The largest absolute Gasteiger partial charge is 0.341 e. The number of nitrogens with zero attached hydrogens (tertiary/aromatic N) is 3. The average molecular weight is 248 g/mol. The first kappa shape index (κ1) is 13.3. The zero-order chi connectivity index (χ0) is 13.2. The number of hydrogen-bond acceptors (Lipinski definition) is 4. The molecule has 4 heteroatoms. The highest BCUT2D eigenvalue weighted by Gasteiger charge is 2.18. The van der Waals surface area contributed by atoms with Gasteiger partial charge in [0, 0.05) is 31.5 Å². The minimum atomic E-state index is 0.281. The van der Waals surface area contributed by atoms with Gasteiger partial charge in [0.15, 0.2) is 0 Å². The number of piperidine rings is 1. The third-order valence-electron chi connectivity index (χ3n) is 3.25. The molecule has 1 fully saturated rings. The van der Waals surface area contributed by atoms with Crippen molar-refractivity contribution in [3.63, 3.8) is 0 Å². The van der Waals surface area contributed by atoms with E-state index in [2.05, 4.69) is 35.6 Å². The van der Waals surface area contributed by atoms with E-state index in [1.807, 2.05) is 12.4 Å². The standard InChI is InChI=1S/C14H24N4/c1-14(2,3)8-11-9-16-13(17-10-11)18-6-4-12(15)5-7-18/h9-10,12H,4-8,15H2,1-3H3. The van der Waals surface area contributed by atoms with Crippen LogP contribution >= 0.6 is 0 Å². The van der Waals surface area contributed by atoms with Crippen LogP contribution in [0.2, 0.25) is 0 Å². The molecule has 0 bridgehead atoms. The highest BCUT2D eigenvalue weighted by atomic mass is 15.2. The lowest BCUT2D eigenvalue weighted by Gasteiger charge is -2.30. The first-order valence-corrected chi connectivity index (χ1v) is 6.75. The molecule has 0 radical (unpaired) electrons. The molecule has 2 N–H and O–H groups in total. The summed E-state index contributed by atoms with van der Waals surface area (Å²) < 4.78 is 0. The summed E-state index contributed by atoms with van der Waals surface area (Å²) >= 11 is 0. The van der Waals surface area contributed by atoms with E-state index in [4.69, 9.17) is 5.73 Å². The summed E-state index contributed by atoms with van der Waals surface area (Å²) in [5.41, 5.74) is 7.39. The van der Waals surface area contributed by atoms with Crippen molar-refractivity contribution in [2.24, 2.45) is 11.1 Å². The van der Waals surface area contributed by atoms with Gasteiger partial charge < -0.3 is 10.6 Å². The number of hydrogen-bond donors (Lipinski definition) is 1. The first-order chi connectivity index (χ1) is 8.44. The molecule has 1 aliphatic heterocycles. The zero-order valence-electron chi connectivity index (χ0n) is 11.7. The Hall–Kier alpha value is -1.16. The summed E-state index contributed by atoms with van der Waals surface area (Å²) in [6.45, 7) is 8.63. The predicted molar refractivity (Wildman–Crippen MR) is 74.6 cm³/mol.